The Hall–Kier alpha value is -0.970. The predicted molar refractivity (Wildman–Crippen MR) is 92.4 cm³/mol. The van der Waals surface area contributed by atoms with E-state index in [9.17, 15) is 4.79 Å². The van der Waals surface area contributed by atoms with Gasteiger partial charge < -0.3 is 15.4 Å². The molecule has 2 unspecified atom stereocenters. The molecule has 0 bridgehead atoms. The van der Waals surface area contributed by atoms with Crippen molar-refractivity contribution in [3.05, 3.63) is 28.8 Å². The fourth-order valence-electron chi connectivity index (χ4n) is 2.45. The average molecular weight is 347 g/mol. The molecule has 6 heteroatoms. The van der Waals surface area contributed by atoms with Gasteiger partial charge in [0.25, 0.3) is 5.91 Å². The van der Waals surface area contributed by atoms with E-state index in [1.54, 1.807) is 18.2 Å². The van der Waals surface area contributed by atoms with Crippen molar-refractivity contribution in [3.63, 3.8) is 0 Å². The first-order chi connectivity index (χ1) is 10.1. The van der Waals surface area contributed by atoms with Gasteiger partial charge in [-0.05, 0) is 43.5 Å². The Balaban J connectivity index is 0.00000242. The van der Waals surface area contributed by atoms with E-state index >= 15 is 0 Å². The molecule has 0 radical (unpaired) electrons. The summed E-state index contributed by atoms with van der Waals surface area (Å²) in [5.41, 5.74) is 0.508. The first kappa shape index (κ1) is 19.1. The van der Waals surface area contributed by atoms with Crippen LogP contribution in [0.3, 0.4) is 0 Å². The third kappa shape index (κ3) is 5.04. The Kier molecular flexibility index (Phi) is 8.01. The lowest BCUT2D eigenvalue weighted by molar-refractivity contribution is 0.0911. The summed E-state index contributed by atoms with van der Waals surface area (Å²) < 4.78 is 5.64. The Labute approximate surface area is 143 Å². The first-order valence-corrected chi connectivity index (χ1v) is 7.93. The molecule has 0 saturated carbocycles. The van der Waals surface area contributed by atoms with E-state index in [1.165, 1.54) is 0 Å². The molecule has 1 heterocycles. The highest BCUT2D eigenvalue weighted by Gasteiger charge is 2.24. The Bertz CT molecular complexity index is 497. The van der Waals surface area contributed by atoms with Gasteiger partial charge in [0.05, 0.1) is 12.2 Å². The van der Waals surface area contributed by atoms with Crippen LogP contribution in [0.2, 0.25) is 5.02 Å². The summed E-state index contributed by atoms with van der Waals surface area (Å²) in [6, 6.07) is 5.32. The predicted octanol–water partition coefficient (Wildman–Crippen LogP) is 3.28. The van der Waals surface area contributed by atoms with Crippen LogP contribution >= 0.6 is 24.0 Å². The van der Waals surface area contributed by atoms with Crippen molar-refractivity contribution in [1.29, 1.82) is 0 Å². The topological polar surface area (TPSA) is 50.4 Å². The van der Waals surface area contributed by atoms with Crippen molar-refractivity contribution in [2.75, 3.05) is 19.7 Å². The van der Waals surface area contributed by atoms with E-state index in [-0.39, 0.29) is 24.4 Å². The van der Waals surface area contributed by atoms with Gasteiger partial charge in [0, 0.05) is 17.6 Å². The number of hydrogen-bond acceptors (Lipinski definition) is 3. The van der Waals surface area contributed by atoms with Crippen LogP contribution in [-0.2, 0) is 0 Å². The van der Waals surface area contributed by atoms with Gasteiger partial charge >= 0.3 is 0 Å². The molecule has 1 aliphatic heterocycles. The van der Waals surface area contributed by atoms with E-state index in [2.05, 4.69) is 17.6 Å². The molecular weight excluding hydrogens is 323 g/mol. The summed E-state index contributed by atoms with van der Waals surface area (Å²) in [4.78, 5) is 12.5. The van der Waals surface area contributed by atoms with Crippen molar-refractivity contribution in [3.8, 4) is 5.75 Å². The largest absolute Gasteiger partial charge is 0.493 e. The van der Waals surface area contributed by atoms with Crippen molar-refractivity contribution in [2.45, 2.75) is 32.7 Å². The van der Waals surface area contributed by atoms with Crippen molar-refractivity contribution in [2.24, 2.45) is 5.92 Å². The lowest BCUT2D eigenvalue weighted by Crippen LogP contribution is -2.50. The maximum atomic E-state index is 12.5. The van der Waals surface area contributed by atoms with Gasteiger partial charge in [-0.25, -0.2) is 0 Å². The molecule has 0 aromatic heterocycles. The molecule has 1 aromatic rings. The lowest BCUT2D eigenvalue weighted by atomic mass is 9.94. The zero-order valence-corrected chi connectivity index (χ0v) is 14.6. The van der Waals surface area contributed by atoms with Crippen LogP contribution in [0.4, 0.5) is 0 Å². The van der Waals surface area contributed by atoms with Crippen molar-refractivity contribution >= 4 is 29.9 Å². The fourth-order valence-corrected chi connectivity index (χ4v) is 2.62. The van der Waals surface area contributed by atoms with Crippen LogP contribution in [0, 0.1) is 5.92 Å². The summed E-state index contributed by atoms with van der Waals surface area (Å²) >= 11 is 6.02. The minimum atomic E-state index is -0.121. The molecule has 0 spiro atoms. The number of nitrogens with one attached hydrogen (secondary N) is 2. The van der Waals surface area contributed by atoms with Gasteiger partial charge in [-0.15, -0.1) is 12.4 Å². The van der Waals surface area contributed by atoms with Gasteiger partial charge in [-0.2, -0.15) is 0 Å². The number of rotatable bonds is 5. The van der Waals surface area contributed by atoms with Gasteiger partial charge in [0.2, 0.25) is 0 Å². The number of ether oxygens (including phenoxy) is 1. The average Bonchev–Trinajstić information content (AvgIpc) is 2.48. The van der Waals surface area contributed by atoms with E-state index in [0.29, 0.717) is 28.9 Å². The molecule has 1 saturated heterocycles. The standard InChI is InChI=1S/C16H23ClN2O2.ClH/c1-3-8-21-15-5-4-12(17)9-13(15)16(20)19-14-10-18-7-6-11(14)2;/h4-5,9,11,14,18H,3,6-8,10H2,1-2H3,(H,19,20);1H. The molecule has 1 fully saturated rings. The molecule has 1 aromatic carbocycles. The third-order valence-electron chi connectivity index (χ3n) is 3.79. The number of benzene rings is 1. The number of hydrogen-bond donors (Lipinski definition) is 2. The Morgan fingerprint density at radius 2 is 2.27 bits per heavy atom. The molecule has 22 heavy (non-hydrogen) atoms. The Morgan fingerprint density at radius 3 is 2.95 bits per heavy atom. The summed E-state index contributed by atoms with van der Waals surface area (Å²) in [6.45, 7) is 6.60. The minimum absolute atomic E-state index is 0. The maximum absolute atomic E-state index is 12.5. The second kappa shape index (κ2) is 9.23. The summed E-state index contributed by atoms with van der Waals surface area (Å²) in [6.07, 6.45) is 1.97. The normalized spacial score (nSPS) is 20.9. The highest BCUT2D eigenvalue weighted by Crippen LogP contribution is 2.24. The van der Waals surface area contributed by atoms with E-state index in [1.807, 2.05) is 6.92 Å². The minimum Gasteiger partial charge on any atom is -0.493 e. The highest BCUT2D eigenvalue weighted by atomic mass is 35.5. The van der Waals surface area contributed by atoms with Crippen LogP contribution in [0.25, 0.3) is 0 Å². The first-order valence-electron chi connectivity index (χ1n) is 7.55. The molecule has 4 nitrogen and oxygen atoms in total. The SMILES string of the molecule is CCCOc1ccc(Cl)cc1C(=O)NC1CNCCC1C.Cl. The van der Waals surface area contributed by atoms with Crippen molar-refractivity contribution < 1.29 is 9.53 Å². The molecule has 1 aliphatic rings. The summed E-state index contributed by atoms with van der Waals surface area (Å²) in [5, 5.41) is 6.94. The smallest absolute Gasteiger partial charge is 0.255 e. The van der Waals surface area contributed by atoms with Gasteiger partial charge in [0.1, 0.15) is 5.75 Å². The fraction of sp³-hybridized carbons (Fsp3) is 0.562. The summed E-state index contributed by atoms with van der Waals surface area (Å²) in [5.74, 6) is 0.939. The van der Waals surface area contributed by atoms with Crippen LogP contribution in [0.15, 0.2) is 18.2 Å². The van der Waals surface area contributed by atoms with Crippen LogP contribution < -0.4 is 15.4 Å². The zero-order chi connectivity index (χ0) is 15.2. The molecule has 1 amide bonds. The second-order valence-corrected chi connectivity index (χ2v) is 5.98. The highest BCUT2D eigenvalue weighted by molar-refractivity contribution is 6.31. The zero-order valence-electron chi connectivity index (χ0n) is 13.0. The van der Waals surface area contributed by atoms with Crippen LogP contribution in [-0.4, -0.2) is 31.6 Å². The van der Waals surface area contributed by atoms with Gasteiger partial charge in [-0.3, -0.25) is 4.79 Å². The number of piperidine rings is 1. The maximum Gasteiger partial charge on any atom is 0.255 e. The third-order valence-corrected chi connectivity index (χ3v) is 4.03. The Morgan fingerprint density at radius 1 is 1.50 bits per heavy atom. The summed E-state index contributed by atoms with van der Waals surface area (Å²) in [7, 11) is 0. The number of amides is 1. The van der Waals surface area contributed by atoms with E-state index < -0.39 is 0 Å². The second-order valence-electron chi connectivity index (χ2n) is 5.54. The number of carbonyl (C=O) groups is 1. The molecule has 0 aliphatic carbocycles. The monoisotopic (exact) mass is 346 g/mol. The van der Waals surface area contributed by atoms with Crippen LogP contribution in [0.5, 0.6) is 5.75 Å². The molecule has 2 atom stereocenters. The number of halogens is 2. The molecular formula is C16H24Cl2N2O2. The quantitative estimate of drug-likeness (QED) is 0.860. The van der Waals surface area contributed by atoms with Crippen molar-refractivity contribution in [1.82, 2.24) is 10.6 Å². The van der Waals surface area contributed by atoms with Gasteiger partial charge in [-0.1, -0.05) is 25.4 Å². The number of carbonyl (C=O) groups excluding carboxylic acids is 1. The van der Waals surface area contributed by atoms with E-state index in [4.69, 9.17) is 16.3 Å². The molecule has 124 valence electrons. The lowest BCUT2D eigenvalue weighted by Gasteiger charge is -2.30. The van der Waals surface area contributed by atoms with Crippen LogP contribution in [0.1, 0.15) is 37.0 Å². The molecule has 2 rings (SSSR count). The van der Waals surface area contributed by atoms with E-state index in [0.717, 1.165) is 25.9 Å². The molecule has 2 N–H and O–H groups in total. The van der Waals surface area contributed by atoms with Gasteiger partial charge in [0.15, 0.2) is 0 Å².